The van der Waals surface area contributed by atoms with E-state index in [1.54, 1.807) is 23.7 Å². The molecule has 0 fully saturated rings. The summed E-state index contributed by atoms with van der Waals surface area (Å²) < 4.78 is 0. The molecule has 0 aliphatic rings. The van der Waals surface area contributed by atoms with E-state index in [0.29, 0.717) is 21.3 Å². The molecule has 2 rings (SSSR count). The third-order valence-corrected chi connectivity index (χ3v) is 3.19. The van der Waals surface area contributed by atoms with Gasteiger partial charge in [-0.15, -0.1) is 11.3 Å². The number of benzene rings is 1. The predicted octanol–water partition coefficient (Wildman–Crippen LogP) is 2.39. The van der Waals surface area contributed by atoms with Crippen LogP contribution in [0.15, 0.2) is 29.8 Å². The summed E-state index contributed by atoms with van der Waals surface area (Å²) in [6, 6.07) is 4.80. The number of hydrogen-bond acceptors (Lipinski definition) is 4. The zero-order valence-corrected chi connectivity index (χ0v) is 11.3. The largest absolute Gasteiger partial charge is 0.384 e. The summed E-state index contributed by atoms with van der Waals surface area (Å²) in [6.07, 6.45) is 1.61. The van der Waals surface area contributed by atoms with Gasteiger partial charge in [0.1, 0.15) is 6.61 Å². The lowest BCUT2D eigenvalue weighted by atomic mass is 10.1. The van der Waals surface area contributed by atoms with Crippen molar-refractivity contribution in [2.24, 2.45) is 0 Å². The molecule has 0 atom stereocenters. The Balaban J connectivity index is 2.17. The average molecular weight is 293 g/mol. The minimum atomic E-state index is -0.279. The van der Waals surface area contributed by atoms with E-state index in [4.69, 9.17) is 16.7 Å². The average Bonchev–Trinajstić information content (AvgIpc) is 2.90. The number of halogens is 1. The Labute approximate surface area is 119 Å². The summed E-state index contributed by atoms with van der Waals surface area (Å²) in [5.41, 5.74) is 0.997. The van der Waals surface area contributed by atoms with Gasteiger partial charge in [0.15, 0.2) is 5.13 Å². The highest BCUT2D eigenvalue weighted by Crippen LogP contribution is 2.18. The lowest BCUT2D eigenvalue weighted by molar-refractivity contribution is 0.102. The van der Waals surface area contributed by atoms with Crippen molar-refractivity contribution in [1.82, 2.24) is 4.98 Å². The second-order valence-corrected chi connectivity index (χ2v) is 4.75. The molecule has 96 valence electrons. The molecule has 2 N–H and O–H groups in total. The van der Waals surface area contributed by atoms with E-state index in [0.717, 1.165) is 0 Å². The Morgan fingerprint density at radius 1 is 1.53 bits per heavy atom. The molecule has 6 heteroatoms. The summed E-state index contributed by atoms with van der Waals surface area (Å²) in [6.45, 7) is -0.234. The van der Waals surface area contributed by atoms with Crippen molar-refractivity contribution in [3.63, 3.8) is 0 Å². The SMILES string of the molecule is O=C(Nc1nccs1)c1ccc(C#CCO)c(Cl)c1. The quantitative estimate of drug-likeness (QED) is 0.836. The van der Waals surface area contributed by atoms with Crippen LogP contribution in [0.2, 0.25) is 5.02 Å². The van der Waals surface area contributed by atoms with E-state index < -0.39 is 0 Å². The van der Waals surface area contributed by atoms with Gasteiger partial charge in [-0.05, 0) is 18.2 Å². The lowest BCUT2D eigenvalue weighted by Crippen LogP contribution is -2.11. The Morgan fingerprint density at radius 3 is 3.00 bits per heavy atom. The Morgan fingerprint density at radius 2 is 2.37 bits per heavy atom. The zero-order valence-electron chi connectivity index (χ0n) is 9.68. The second-order valence-electron chi connectivity index (χ2n) is 3.45. The molecule has 0 saturated carbocycles. The highest BCUT2D eigenvalue weighted by atomic mass is 35.5. The van der Waals surface area contributed by atoms with Crippen molar-refractivity contribution in [2.75, 3.05) is 11.9 Å². The van der Waals surface area contributed by atoms with Crippen molar-refractivity contribution in [2.45, 2.75) is 0 Å². The molecule has 0 unspecified atom stereocenters. The molecule has 0 radical (unpaired) electrons. The van der Waals surface area contributed by atoms with Gasteiger partial charge in [0.25, 0.3) is 5.91 Å². The van der Waals surface area contributed by atoms with Crippen LogP contribution in [0.25, 0.3) is 0 Å². The summed E-state index contributed by atoms with van der Waals surface area (Å²) in [4.78, 5) is 15.9. The summed E-state index contributed by atoms with van der Waals surface area (Å²) in [5.74, 6) is 4.92. The lowest BCUT2D eigenvalue weighted by Gasteiger charge is -2.03. The standard InChI is InChI=1S/C13H9ClN2O2S/c14-11-8-10(4-3-9(11)2-1-6-17)12(18)16-13-15-5-7-19-13/h3-5,7-8,17H,6H2,(H,15,16,18). The minimum absolute atomic E-state index is 0.234. The van der Waals surface area contributed by atoms with E-state index in [9.17, 15) is 4.79 Å². The number of aliphatic hydroxyl groups excluding tert-OH is 1. The number of hydrogen-bond donors (Lipinski definition) is 2. The van der Waals surface area contributed by atoms with E-state index in [1.807, 2.05) is 0 Å². The molecule has 1 amide bonds. The molecule has 1 heterocycles. The highest BCUT2D eigenvalue weighted by Gasteiger charge is 2.09. The van der Waals surface area contributed by atoms with Crippen LogP contribution in [-0.2, 0) is 0 Å². The monoisotopic (exact) mass is 292 g/mol. The first kappa shape index (κ1) is 13.6. The van der Waals surface area contributed by atoms with E-state index in [-0.39, 0.29) is 12.5 Å². The number of aliphatic hydroxyl groups is 1. The fourth-order valence-electron chi connectivity index (χ4n) is 1.35. The molecular weight excluding hydrogens is 284 g/mol. The molecule has 0 spiro atoms. The topological polar surface area (TPSA) is 62.2 Å². The number of amides is 1. The van der Waals surface area contributed by atoms with Crippen LogP contribution < -0.4 is 5.32 Å². The van der Waals surface area contributed by atoms with E-state index in [2.05, 4.69) is 22.1 Å². The number of nitrogens with zero attached hydrogens (tertiary/aromatic N) is 1. The molecule has 2 aromatic rings. The molecule has 1 aromatic heterocycles. The van der Waals surface area contributed by atoms with Gasteiger partial charge in [0.2, 0.25) is 0 Å². The number of thiazole rings is 1. The maximum absolute atomic E-state index is 11.9. The fraction of sp³-hybridized carbons (Fsp3) is 0.0769. The van der Waals surface area contributed by atoms with Crippen molar-refractivity contribution < 1.29 is 9.90 Å². The number of rotatable bonds is 2. The van der Waals surface area contributed by atoms with Gasteiger partial charge in [0.05, 0.1) is 5.02 Å². The normalized spacial score (nSPS) is 9.58. The van der Waals surface area contributed by atoms with Crippen molar-refractivity contribution in [3.05, 3.63) is 45.9 Å². The molecule has 4 nitrogen and oxygen atoms in total. The highest BCUT2D eigenvalue weighted by molar-refractivity contribution is 7.13. The van der Waals surface area contributed by atoms with Gasteiger partial charge >= 0.3 is 0 Å². The van der Waals surface area contributed by atoms with Gasteiger partial charge in [-0.25, -0.2) is 4.98 Å². The molecule has 0 saturated heterocycles. The molecule has 1 aromatic carbocycles. The molecule has 0 bridgehead atoms. The van der Waals surface area contributed by atoms with Gasteiger partial charge < -0.3 is 5.11 Å². The van der Waals surface area contributed by atoms with Crippen LogP contribution in [-0.4, -0.2) is 22.6 Å². The van der Waals surface area contributed by atoms with Crippen molar-refractivity contribution in [1.29, 1.82) is 0 Å². The third-order valence-electron chi connectivity index (χ3n) is 2.19. The first-order valence-corrected chi connectivity index (χ1v) is 6.56. The van der Waals surface area contributed by atoms with Crippen LogP contribution >= 0.6 is 22.9 Å². The molecule has 0 aliphatic heterocycles. The van der Waals surface area contributed by atoms with E-state index >= 15 is 0 Å². The predicted molar refractivity (Wildman–Crippen MR) is 75.5 cm³/mol. The van der Waals surface area contributed by atoms with Crippen LogP contribution in [0.4, 0.5) is 5.13 Å². The molecule has 19 heavy (non-hydrogen) atoms. The number of carbonyl (C=O) groups excluding carboxylic acids is 1. The maximum Gasteiger partial charge on any atom is 0.257 e. The van der Waals surface area contributed by atoms with Crippen LogP contribution in [0.1, 0.15) is 15.9 Å². The zero-order chi connectivity index (χ0) is 13.7. The molecular formula is C13H9ClN2O2S. The summed E-state index contributed by atoms with van der Waals surface area (Å²) in [5, 5.41) is 14.0. The first-order valence-electron chi connectivity index (χ1n) is 5.31. The van der Waals surface area contributed by atoms with Gasteiger partial charge in [-0.2, -0.15) is 0 Å². The van der Waals surface area contributed by atoms with Gasteiger partial charge in [0, 0.05) is 22.7 Å². The van der Waals surface area contributed by atoms with Crippen LogP contribution in [0.3, 0.4) is 0 Å². The van der Waals surface area contributed by atoms with Gasteiger partial charge in [-0.3, -0.25) is 10.1 Å². The Bertz CT molecular complexity index is 644. The van der Waals surface area contributed by atoms with Crippen LogP contribution in [0.5, 0.6) is 0 Å². The minimum Gasteiger partial charge on any atom is -0.384 e. The van der Waals surface area contributed by atoms with E-state index in [1.165, 1.54) is 17.4 Å². The molecule has 0 aliphatic carbocycles. The maximum atomic E-state index is 11.9. The number of nitrogens with one attached hydrogen (secondary N) is 1. The van der Waals surface area contributed by atoms with Crippen molar-refractivity contribution in [3.8, 4) is 11.8 Å². The van der Waals surface area contributed by atoms with Crippen LogP contribution in [0, 0.1) is 11.8 Å². The number of aromatic nitrogens is 1. The third kappa shape index (κ3) is 3.55. The number of carbonyl (C=O) groups is 1. The first-order chi connectivity index (χ1) is 9.20. The Kier molecular flexibility index (Phi) is 4.53. The summed E-state index contributed by atoms with van der Waals surface area (Å²) >= 11 is 7.35. The Hall–Kier alpha value is -1.87. The van der Waals surface area contributed by atoms with Gasteiger partial charge in [-0.1, -0.05) is 23.4 Å². The summed E-state index contributed by atoms with van der Waals surface area (Å²) in [7, 11) is 0. The van der Waals surface area contributed by atoms with Crippen molar-refractivity contribution >= 4 is 34.0 Å². The smallest absolute Gasteiger partial charge is 0.257 e. The number of anilines is 1. The second kappa shape index (κ2) is 6.34. The fourth-order valence-corrected chi connectivity index (χ4v) is 2.10.